The lowest BCUT2D eigenvalue weighted by molar-refractivity contribution is -0.384. The van der Waals surface area contributed by atoms with Crippen molar-refractivity contribution in [2.45, 2.75) is 29.9 Å². The van der Waals surface area contributed by atoms with Gasteiger partial charge in [-0.05, 0) is 55.2 Å². The third-order valence-corrected chi connectivity index (χ3v) is 7.76. The minimum absolute atomic E-state index is 0.114. The quantitative estimate of drug-likeness (QED) is 0.130. The van der Waals surface area contributed by atoms with Gasteiger partial charge in [-0.25, -0.2) is 0 Å². The zero-order chi connectivity index (χ0) is 27.9. The molecule has 3 aromatic rings. The third kappa shape index (κ3) is 6.91. The lowest BCUT2D eigenvalue weighted by Crippen LogP contribution is -2.34. The van der Waals surface area contributed by atoms with Crippen LogP contribution in [0.5, 0.6) is 0 Å². The van der Waals surface area contributed by atoms with Crippen LogP contribution in [0.1, 0.15) is 29.2 Å². The predicted molar refractivity (Wildman–Crippen MR) is 150 cm³/mol. The normalized spacial score (nSPS) is 17.2. The second-order valence-corrected chi connectivity index (χ2v) is 10.3. The molecule has 3 unspecified atom stereocenters. The monoisotopic (exact) mass is 545 g/mol. The largest absolute Gasteiger partial charge is 0.481 e. The fourth-order valence-electron chi connectivity index (χ4n) is 4.32. The molecule has 3 atom stereocenters. The number of amides is 2. The molecule has 39 heavy (non-hydrogen) atoms. The van der Waals surface area contributed by atoms with Gasteiger partial charge in [0.25, 0.3) is 5.69 Å². The average molecular weight is 546 g/mol. The number of allylic oxidation sites excluding steroid dienone is 2. The molecule has 3 aromatic carbocycles. The molecule has 4 rings (SSSR count). The lowest BCUT2D eigenvalue weighted by atomic mass is 9.82. The summed E-state index contributed by atoms with van der Waals surface area (Å²) in [5.74, 6) is -3.08. The van der Waals surface area contributed by atoms with E-state index in [2.05, 4.69) is 10.6 Å². The van der Waals surface area contributed by atoms with E-state index in [-0.39, 0.29) is 17.5 Å². The molecular formula is C29H27N3O6S. The standard InChI is InChI=1S/C29H27N3O6S/c1-18-11-14-21(32(37)38)17-25(18)31-28(34)26(19-7-3-2-4-8-19)39-22-15-12-20(13-16-22)30-27(33)23-9-5-6-10-24(23)29(35)36/h2-8,11-17,23-24,26H,9-10H2,1H3,(H,30,33)(H,31,34)(H,35,36). The number of carboxylic acid groups (broad SMARTS) is 1. The van der Waals surface area contributed by atoms with E-state index in [0.29, 0.717) is 29.8 Å². The number of nitro benzene ring substituents is 1. The molecule has 0 radical (unpaired) electrons. The van der Waals surface area contributed by atoms with E-state index < -0.39 is 28.0 Å². The van der Waals surface area contributed by atoms with Crippen LogP contribution in [-0.2, 0) is 14.4 Å². The second kappa shape index (κ2) is 12.4. The summed E-state index contributed by atoms with van der Waals surface area (Å²) >= 11 is 1.30. The Bertz CT molecular complexity index is 1410. The summed E-state index contributed by atoms with van der Waals surface area (Å²) in [6, 6.07) is 20.5. The van der Waals surface area contributed by atoms with Crippen LogP contribution in [0.3, 0.4) is 0 Å². The molecule has 0 saturated carbocycles. The fourth-order valence-corrected chi connectivity index (χ4v) is 5.35. The highest BCUT2D eigenvalue weighted by Crippen LogP contribution is 2.37. The number of aliphatic carboxylic acids is 1. The van der Waals surface area contributed by atoms with Gasteiger partial charge in [0.1, 0.15) is 5.25 Å². The van der Waals surface area contributed by atoms with Crippen LogP contribution >= 0.6 is 11.8 Å². The van der Waals surface area contributed by atoms with Crippen molar-refractivity contribution in [3.05, 3.63) is 106 Å². The minimum Gasteiger partial charge on any atom is -0.481 e. The van der Waals surface area contributed by atoms with Gasteiger partial charge in [-0.15, -0.1) is 11.8 Å². The zero-order valence-corrected chi connectivity index (χ0v) is 21.9. The van der Waals surface area contributed by atoms with Crippen molar-refractivity contribution >= 4 is 46.6 Å². The number of anilines is 2. The number of aryl methyl sites for hydroxylation is 1. The Balaban J connectivity index is 1.50. The van der Waals surface area contributed by atoms with E-state index in [1.165, 1.54) is 23.9 Å². The highest BCUT2D eigenvalue weighted by atomic mass is 32.2. The first-order valence-electron chi connectivity index (χ1n) is 12.3. The molecule has 0 saturated heterocycles. The first-order chi connectivity index (χ1) is 18.7. The van der Waals surface area contributed by atoms with Crippen molar-refractivity contribution in [2.75, 3.05) is 10.6 Å². The van der Waals surface area contributed by atoms with Gasteiger partial charge in [-0.3, -0.25) is 24.5 Å². The Morgan fingerprint density at radius 1 is 0.949 bits per heavy atom. The number of nitrogens with one attached hydrogen (secondary N) is 2. The second-order valence-electron chi connectivity index (χ2n) is 9.16. The number of carboxylic acids is 1. The molecule has 1 aliphatic carbocycles. The fraction of sp³-hybridized carbons (Fsp3) is 0.207. The Kier molecular flexibility index (Phi) is 8.77. The SMILES string of the molecule is Cc1ccc([N+](=O)[O-])cc1NC(=O)C(Sc1ccc(NC(=O)C2CC=CCC2C(=O)O)cc1)c1ccccc1. The number of hydrogen-bond acceptors (Lipinski definition) is 6. The van der Waals surface area contributed by atoms with Crippen LogP contribution < -0.4 is 10.6 Å². The average Bonchev–Trinajstić information content (AvgIpc) is 2.94. The molecular weight excluding hydrogens is 518 g/mol. The molecule has 0 aromatic heterocycles. The van der Waals surface area contributed by atoms with E-state index in [9.17, 15) is 29.6 Å². The molecule has 0 bridgehead atoms. The lowest BCUT2D eigenvalue weighted by Gasteiger charge is -2.24. The molecule has 9 nitrogen and oxygen atoms in total. The summed E-state index contributed by atoms with van der Waals surface area (Å²) in [6.07, 6.45) is 4.30. The van der Waals surface area contributed by atoms with Crippen LogP contribution in [0.4, 0.5) is 17.1 Å². The number of benzene rings is 3. The first-order valence-corrected chi connectivity index (χ1v) is 13.2. The third-order valence-electron chi connectivity index (χ3n) is 6.49. The van der Waals surface area contributed by atoms with Crippen molar-refractivity contribution in [2.24, 2.45) is 11.8 Å². The number of carbonyl (C=O) groups is 3. The Morgan fingerprint density at radius 2 is 1.62 bits per heavy atom. The molecule has 0 heterocycles. The van der Waals surface area contributed by atoms with Crippen LogP contribution in [0, 0.1) is 28.9 Å². The number of non-ortho nitro benzene ring substituents is 1. The van der Waals surface area contributed by atoms with Gasteiger partial charge in [0.05, 0.1) is 22.4 Å². The zero-order valence-electron chi connectivity index (χ0n) is 21.1. The Hall–Kier alpha value is -4.44. The van der Waals surface area contributed by atoms with Gasteiger partial charge in [0.2, 0.25) is 11.8 Å². The molecule has 10 heteroatoms. The van der Waals surface area contributed by atoms with Gasteiger partial charge in [-0.1, -0.05) is 48.6 Å². The van der Waals surface area contributed by atoms with Crippen LogP contribution in [0.2, 0.25) is 0 Å². The molecule has 200 valence electrons. The summed E-state index contributed by atoms with van der Waals surface area (Å²) in [7, 11) is 0. The van der Waals surface area contributed by atoms with E-state index in [4.69, 9.17) is 0 Å². The predicted octanol–water partition coefficient (Wildman–Crippen LogP) is 5.98. The van der Waals surface area contributed by atoms with E-state index >= 15 is 0 Å². The smallest absolute Gasteiger partial charge is 0.307 e. The van der Waals surface area contributed by atoms with Crippen molar-refractivity contribution in [3.8, 4) is 0 Å². The van der Waals surface area contributed by atoms with Gasteiger partial charge in [0, 0.05) is 22.7 Å². The van der Waals surface area contributed by atoms with E-state index in [0.717, 1.165) is 10.5 Å². The van der Waals surface area contributed by atoms with Crippen molar-refractivity contribution < 1.29 is 24.4 Å². The molecule has 3 N–H and O–H groups in total. The van der Waals surface area contributed by atoms with Crippen molar-refractivity contribution in [1.29, 1.82) is 0 Å². The summed E-state index contributed by atoms with van der Waals surface area (Å²) in [4.78, 5) is 49.2. The van der Waals surface area contributed by atoms with E-state index in [1.54, 1.807) is 43.3 Å². The first kappa shape index (κ1) is 27.6. The summed E-state index contributed by atoms with van der Waals surface area (Å²) < 4.78 is 0. The highest BCUT2D eigenvalue weighted by Gasteiger charge is 2.34. The molecule has 0 spiro atoms. The van der Waals surface area contributed by atoms with Crippen molar-refractivity contribution in [1.82, 2.24) is 0 Å². The van der Waals surface area contributed by atoms with Crippen LogP contribution in [0.15, 0.2) is 89.8 Å². The number of carbonyl (C=O) groups excluding carboxylic acids is 2. The van der Waals surface area contributed by atoms with Gasteiger partial charge >= 0.3 is 5.97 Å². The number of nitrogens with zero attached hydrogens (tertiary/aromatic N) is 1. The summed E-state index contributed by atoms with van der Waals surface area (Å²) in [5, 5.41) is 25.6. The van der Waals surface area contributed by atoms with E-state index in [1.807, 2.05) is 36.4 Å². The molecule has 0 fully saturated rings. The molecule has 1 aliphatic rings. The minimum atomic E-state index is -0.989. The maximum atomic E-state index is 13.4. The number of rotatable bonds is 9. The Morgan fingerprint density at radius 3 is 2.26 bits per heavy atom. The molecule has 0 aliphatic heterocycles. The number of hydrogen-bond donors (Lipinski definition) is 3. The number of thioether (sulfide) groups is 1. The number of nitro groups is 1. The maximum absolute atomic E-state index is 13.4. The van der Waals surface area contributed by atoms with Crippen LogP contribution in [0.25, 0.3) is 0 Å². The topological polar surface area (TPSA) is 139 Å². The molecule has 2 amide bonds. The van der Waals surface area contributed by atoms with Crippen LogP contribution in [-0.4, -0.2) is 27.8 Å². The Labute approximate surface area is 229 Å². The highest BCUT2D eigenvalue weighted by molar-refractivity contribution is 8.00. The maximum Gasteiger partial charge on any atom is 0.307 e. The van der Waals surface area contributed by atoms with Gasteiger partial charge in [-0.2, -0.15) is 0 Å². The van der Waals surface area contributed by atoms with Gasteiger partial charge < -0.3 is 15.7 Å². The van der Waals surface area contributed by atoms with Crippen molar-refractivity contribution in [3.63, 3.8) is 0 Å². The van der Waals surface area contributed by atoms with Gasteiger partial charge in [0.15, 0.2) is 0 Å². The summed E-state index contributed by atoms with van der Waals surface area (Å²) in [6.45, 7) is 1.76. The summed E-state index contributed by atoms with van der Waals surface area (Å²) in [5.41, 5.74) is 2.23.